The minimum Gasteiger partial charge on any atom is -0.393 e. The number of ether oxygens (including phenoxy) is 1. The summed E-state index contributed by atoms with van der Waals surface area (Å²) in [6, 6.07) is 7.29. The molecule has 3 unspecified atom stereocenters. The van der Waals surface area contributed by atoms with Crippen molar-refractivity contribution in [3.8, 4) is 6.07 Å². The summed E-state index contributed by atoms with van der Waals surface area (Å²) in [6.45, 7) is 4.26. The van der Waals surface area contributed by atoms with Crippen LogP contribution in [0.1, 0.15) is 29.9 Å². The monoisotopic (exact) mass is 443 g/mol. The van der Waals surface area contributed by atoms with Crippen molar-refractivity contribution in [2.45, 2.75) is 38.4 Å². The minimum absolute atomic E-state index is 0.0523. The van der Waals surface area contributed by atoms with E-state index in [2.05, 4.69) is 26.4 Å². The second-order valence-electron chi connectivity index (χ2n) is 7.95. The Morgan fingerprint density at radius 3 is 3.03 bits per heavy atom. The Labute approximate surface area is 186 Å². The Bertz CT molecular complexity index is 910. The first-order chi connectivity index (χ1) is 15.5. The smallest absolute Gasteiger partial charge is 0.249 e. The molecule has 0 radical (unpaired) electrons. The number of amides is 1. The van der Waals surface area contributed by atoms with E-state index in [0.717, 1.165) is 5.82 Å². The fourth-order valence-electron chi connectivity index (χ4n) is 3.57. The third kappa shape index (κ3) is 6.75. The van der Waals surface area contributed by atoms with Gasteiger partial charge in [-0.25, -0.2) is 4.98 Å². The molecule has 1 aliphatic rings. The number of nitriles is 1. The summed E-state index contributed by atoms with van der Waals surface area (Å²) in [7, 11) is 0. The number of aryl methyl sites for hydroxylation is 1. The van der Waals surface area contributed by atoms with Crippen LogP contribution in [0.4, 0.5) is 5.82 Å². The fourth-order valence-corrected chi connectivity index (χ4v) is 3.57. The molecule has 2 aromatic rings. The number of hydrogen-bond donors (Lipinski definition) is 3. The Kier molecular flexibility index (Phi) is 8.56. The molecular formula is C22H29N5O5. The van der Waals surface area contributed by atoms with Crippen molar-refractivity contribution in [1.29, 1.82) is 5.26 Å². The van der Waals surface area contributed by atoms with Gasteiger partial charge in [-0.15, -0.1) is 0 Å². The van der Waals surface area contributed by atoms with E-state index < -0.39 is 18.1 Å². The lowest BCUT2D eigenvalue weighted by molar-refractivity contribution is -0.129. The van der Waals surface area contributed by atoms with E-state index >= 15 is 0 Å². The molecule has 3 heterocycles. The number of nitrogens with one attached hydrogen (secondary N) is 1. The maximum atomic E-state index is 12.0. The highest BCUT2D eigenvalue weighted by molar-refractivity contribution is 5.80. The lowest BCUT2D eigenvalue weighted by Crippen LogP contribution is -2.45. The van der Waals surface area contributed by atoms with E-state index in [9.17, 15) is 15.0 Å². The van der Waals surface area contributed by atoms with Crippen LogP contribution in [-0.2, 0) is 16.0 Å². The average molecular weight is 444 g/mol. The van der Waals surface area contributed by atoms with Gasteiger partial charge in [0.15, 0.2) is 0 Å². The number of pyridine rings is 1. The second-order valence-corrected chi connectivity index (χ2v) is 7.95. The number of aromatic nitrogens is 2. The van der Waals surface area contributed by atoms with Crippen LogP contribution in [0.5, 0.6) is 0 Å². The topological polar surface area (TPSA) is 145 Å². The first kappa shape index (κ1) is 23.7. The summed E-state index contributed by atoms with van der Waals surface area (Å²) < 4.78 is 10.6. The predicted octanol–water partition coefficient (Wildman–Crippen LogP) is 0.563. The molecule has 1 fully saturated rings. The summed E-state index contributed by atoms with van der Waals surface area (Å²) >= 11 is 0. The molecule has 2 aromatic heterocycles. The highest BCUT2D eigenvalue weighted by Crippen LogP contribution is 2.22. The van der Waals surface area contributed by atoms with Crippen molar-refractivity contribution in [2.75, 3.05) is 37.7 Å². The molecule has 0 aliphatic carbocycles. The van der Waals surface area contributed by atoms with Gasteiger partial charge in [-0.05, 0) is 31.9 Å². The zero-order valence-electron chi connectivity index (χ0n) is 18.1. The van der Waals surface area contributed by atoms with Gasteiger partial charge in [0.25, 0.3) is 0 Å². The van der Waals surface area contributed by atoms with Gasteiger partial charge in [-0.1, -0.05) is 5.16 Å². The lowest BCUT2D eigenvalue weighted by Gasteiger charge is -2.36. The molecule has 1 aliphatic heterocycles. The standard InChI is InChI=1S/C22H29N5O5/c1-15-9-18(26-32-15)10-20(29)22(30)24-6-2-8-31-14-17-13-27(7-5-19(17)28)21-4-3-16(11-23)12-25-21/h3-4,9,12,17,19-20,28-29H,2,5-8,10,13-14H2,1H3,(H,24,30). The summed E-state index contributed by atoms with van der Waals surface area (Å²) in [6.07, 6.45) is 1.23. The van der Waals surface area contributed by atoms with Gasteiger partial charge in [-0.2, -0.15) is 5.26 Å². The zero-order valence-corrected chi connectivity index (χ0v) is 18.1. The van der Waals surface area contributed by atoms with Crippen molar-refractivity contribution >= 4 is 11.7 Å². The Balaban J connectivity index is 1.32. The Morgan fingerprint density at radius 1 is 1.50 bits per heavy atom. The number of nitrogens with zero attached hydrogens (tertiary/aromatic N) is 4. The first-order valence-electron chi connectivity index (χ1n) is 10.7. The van der Waals surface area contributed by atoms with Crippen LogP contribution < -0.4 is 10.2 Å². The van der Waals surface area contributed by atoms with Crippen LogP contribution in [0.15, 0.2) is 28.9 Å². The summed E-state index contributed by atoms with van der Waals surface area (Å²) in [5.74, 6) is 0.898. The maximum Gasteiger partial charge on any atom is 0.249 e. The molecule has 1 saturated heterocycles. The molecule has 0 saturated carbocycles. The predicted molar refractivity (Wildman–Crippen MR) is 115 cm³/mol. The molecule has 32 heavy (non-hydrogen) atoms. The van der Waals surface area contributed by atoms with Crippen LogP contribution in [0.3, 0.4) is 0 Å². The normalized spacial score (nSPS) is 19.4. The lowest BCUT2D eigenvalue weighted by atomic mass is 9.95. The quantitative estimate of drug-likeness (QED) is 0.449. The molecule has 172 valence electrons. The number of aliphatic hydroxyl groups excluding tert-OH is 2. The van der Waals surface area contributed by atoms with Gasteiger partial charge in [0.05, 0.1) is 24.0 Å². The number of aliphatic hydroxyl groups is 2. The van der Waals surface area contributed by atoms with E-state index in [4.69, 9.17) is 14.5 Å². The third-order valence-electron chi connectivity index (χ3n) is 5.37. The van der Waals surface area contributed by atoms with Crippen LogP contribution >= 0.6 is 0 Å². The van der Waals surface area contributed by atoms with Gasteiger partial charge in [0.1, 0.15) is 23.8 Å². The fraction of sp³-hybridized carbons (Fsp3) is 0.545. The number of carbonyl (C=O) groups excluding carboxylic acids is 1. The first-order valence-corrected chi connectivity index (χ1v) is 10.7. The zero-order chi connectivity index (χ0) is 22.9. The Morgan fingerprint density at radius 2 is 2.34 bits per heavy atom. The number of carbonyl (C=O) groups is 1. The van der Waals surface area contributed by atoms with Gasteiger partial charge in [-0.3, -0.25) is 4.79 Å². The largest absolute Gasteiger partial charge is 0.393 e. The maximum absolute atomic E-state index is 12.0. The van der Waals surface area contributed by atoms with Gasteiger partial charge in [0, 0.05) is 50.8 Å². The van der Waals surface area contributed by atoms with Crippen molar-refractivity contribution in [2.24, 2.45) is 5.92 Å². The van der Waals surface area contributed by atoms with E-state index in [1.54, 1.807) is 25.3 Å². The van der Waals surface area contributed by atoms with Crippen LogP contribution in [-0.4, -0.2) is 71.3 Å². The second kappa shape index (κ2) is 11.6. The molecule has 10 nitrogen and oxygen atoms in total. The van der Waals surface area contributed by atoms with Crippen molar-refractivity contribution in [1.82, 2.24) is 15.5 Å². The highest BCUT2D eigenvalue weighted by Gasteiger charge is 2.28. The number of rotatable bonds is 10. The molecule has 3 N–H and O–H groups in total. The van der Waals surface area contributed by atoms with E-state index in [-0.39, 0.29) is 12.3 Å². The third-order valence-corrected chi connectivity index (χ3v) is 5.37. The van der Waals surface area contributed by atoms with Crippen molar-refractivity contribution < 1.29 is 24.3 Å². The number of piperidine rings is 1. The SMILES string of the molecule is Cc1cc(CC(O)C(=O)NCCCOCC2CN(c3ccc(C#N)cn3)CCC2O)no1. The number of anilines is 1. The number of hydrogen-bond acceptors (Lipinski definition) is 9. The molecule has 1 amide bonds. The molecule has 10 heteroatoms. The summed E-state index contributed by atoms with van der Waals surface area (Å²) in [5, 5.41) is 35.6. The van der Waals surface area contributed by atoms with E-state index in [1.165, 1.54) is 0 Å². The molecule has 3 rings (SSSR count). The molecule has 0 spiro atoms. The van der Waals surface area contributed by atoms with Crippen molar-refractivity contribution in [3.63, 3.8) is 0 Å². The van der Waals surface area contributed by atoms with Crippen LogP contribution in [0.25, 0.3) is 0 Å². The average Bonchev–Trinajstić information content (AvgIpc) is 3.21. The van der Waals surface area contributed by atoms with Crippen molar-refractivity contribution in [3.05, 3.63) is 41.4 Å². The molecular weight excluding hydrogens is 414 g/mol. The molecule has 0 aromatic carbocycles. The van der Waals surface area contributed by atoms with Crippen LogP contribution in [0.2, 0.25) is 0 Å². The van der Waals surface area contributed by atoms with Crippen LogP contribution in [0, 0.1) is 24.2 Å². The highest BCUT2D eigenvalue weighted by atomic mass is 16.5. The van der Waals surface area contributed by atoms with Gasteiger partial charge in [0.2, 0.25) is 5.91 Å². The Hall–Kier alpha value is -3.00. The minimum atomic E-state index is -1.18. The molecule has 3 atom stereocenters. The molecule has 0 bridgehead atoms. The van der Waals surface area contributed by atoms with Gasteiger partial charge >= 0.3 is 0 Å². The van der Waals surface area contributed by atoms with E-state index in [0.29, 0.717) is 62.7 Å². The van der Waals surface area contributed by atoms with Gasteiger partial charge < -0.3 is 29.7 Å². The summed E-state index contributed by atoms with van der Waals surface area (Å²) in [5.41, 5.74) is 1.04. The van der Waals surface area contributed by atoms with E-state index in [1.807, 2.05) is 6.07 Å². The summed E-state index contributed by atoms with van der Waals surface area (Å²) in [4.78, 5) is 18.4.